The predicted octanol–water partition coefficient (Wildman–Crippen LogP) is 5.78. The Labute approximate surface area is 200 Å². The molecule has 0 N–H and O–H groups in total. The van der Waals surface area contributed by atoms with Crippen molar-refractivity contribution in [1.82, 2.24) is 5.16 Å². The van der Waals surface area contributed by atoms with Crippen LogP contribution in [-0.2, 0) is 0 Å². The zero-order chi connectivity index (χ0) is 24.1. The average Bonchev–Trinajstić information content (AvgIpc) is 3.43. The molecule has 3 heterocycles. The Morgan fingerprint density at radius 1 is 1.00 bits per heavy atom. The van der Waals surface area contributed by atoms with Gasteiger partial charge in [-0.3, -0.25) is 14.5 Å². The summed E-state index contributed by atoms with van der Waals surface area (Å²) in [5.41, 5.74) is 1.16. The van der Waals surface area contributed by atoms with Crippen molar-refractivity contribution in [1.29, 1.82) is 0 Å². The van der Waals surface area contributed by atoms with Crippen molar-refractivity contribution in [3.63, 3.8) is 0 Å². The molecule has 35 heavy (non-hydrogen) atoms. The molecule has 0 radical (unpaired) electrons. The third kappa shape index (κ3) is 3.31. The van der Waals surface area contributed by atoms with Gasteiger partial charge in [-0.2, -0.15) is 0 Å². The normalized spacial score (nSPS) is 15.2. The molecule has 3 aromatic carbocycles. The van der Waals surface area contributed by atoms with E-state index in [1.807, 2.05) is 61.5 Å². The molecule has 0 saturated carbocycles. The number of anilines is 1. The summed E-state index contributed by atoms with van der Waals surface area (Å²) < 4.78 is 17.3. The Hall–Kier alpha value is -4.39. The number of carbonyl (C=O) groups excluding carboxylic acids is 1. The zero-order valence-electron chi connectivity index (χ0n) is 19.3. The molecule has 174 valence electrons. The third-order valence-electron chi connectivity index (χ3n) is 6.27. The lowest BCUT2D eigenvalue weighted by Crippen LogP contribution is -2.29. The van der Waals surface area contributed by atoms with Crippen LogP contribution in [0.15, 0.2) is 80.5 Å². The Balaban J connectivity index is 1.62. The van der Waals surface area contributed by atoms with Gasteiger partial charge in [0.05, 0.1) is 23.6 Å². The molecular formula is C28H22N2O5. The van der Waals surface area contributed by atoms with E-state index in [2.05, 4.69) is 5.16 Å². The van der Waals surface area contributed by atoms with E-state index in [0.29, 0.717) is 34.9 Å². The number of hydrogen-bond acceptors (Lipinski definition) is 6. The van der Waals surface area contributed by atoms with Gasteiger partial charge in [-0.15, -0.1) is 0 Å². The Kier molecular flexibility index (Phi) is 4.91. The summed E-state index contributed by atoms with van der Waals surface area (Å²) in [4.78, 5) is 29.1. The number of hydrogen-bond donors (Lipinski definition) is 0. The minimum Gasteiger partial charge on any atom is -0.494 e. The van der Waals surface area contributed by atoms with Crippen molar-refractivity contribution in [3.05, 3.63) is 99.6 Å². The number of benzene rings is 3. The van der Waals surface area contributed by atoms with Crippen LogP contribution in [-0.4, -0.2) is 17.7 Å². The summed E-state index contributed by atoms with van der Waals surface area (Å²) in [7, 11) is 0. The number of carbonyl (C=O) groups is 1. The second kappa shape index (κ2) is 8.13. The first kappa shape index (κ1) is 21.2. The number of rotatable bonds is 5. The van der Waals surface area contributed by atoms with Gasteiger partial charge in [0.15, 0.2) is 11.2 Å². The molecule has 5 aromatic rings. The SMILES string of the molecule is CCCOc1cccc([C@@H]2c3c(oc4c(ccc5ccccc54)c3=O)C(=O)N2c2cc(C)on2)c1. The number of nitrogens with zero attached hydrogens (tertiary/aromatic N) is 2. The highest BCUT2D eigenvalue weighted by Crippen LogP contribution is 2.42. The number of ether oxygens (including phenoxy) is 1. The van der Waals surface area contributed by atoms with Crippen molar-refractivity contribution in [3.8, 4) is 5.75 Å². The van der Waals surface area contributed by atoms with Crippen molar-refractivity contribution in [2.45, 2.75) is 26.3 Å². The van der Waals surface area contributed by atoms with Gasteiger partial charge in [0, 0.05) is 11.5 Å². The first-order valence-corrected chi connectivity index (χ1v) is 11.5. The van der Waals surface area contributed by atoms with Crippen LogP contribution in [0.25, 0.3) is 21.7 Å². The van der Waals surface area contributed by atoms with Crippen LogP contribution in [0.1, 0.15) is 46.8 Å². The van der Waals surface area contributed by atoms with Gasteiger partial charge in [-0.05, 0) is 42.5 Å². The molecule has 0 fully saturated rings. The monoisotopic (exact) mass is 466 g/mol. The van der Waals surface area contributed by atoms with Crippen LogP contribution in [0.4, 0.5) is 5.82 Å². The van der Waals surface area contributed by atoms with Gasteiger partial charge in [-0.1, -0.05) is 54.5 Å². The fourth-order valence-corrected chi connectivity index (χ4v) is 4.71. The average molecular weight is 466 g/mol. The highest BCUT2D eigenvalue weighted by Gasteiger charge is 2.45. The standard InChI is InChI=1S/C28H22N2O5/c1-3-13-33-19-9-6-8-18(15-19)24-23-25(31)21-12-11-17-7-4-5-10-20(17)26(21)34-27(23)28(32)30(24)22-14-16(2)35-29-22/h4-12,14-15,24H,3,13H2,1-2H3/t24-/m1/s1. The second-order valence-electron chi connectivity index (χ2n) is 8.63. The van der Waals surface area contributed by atoms with Crippen molar-refractivity contribution >= 4 is 33.5 Å². The van der Waals surface area contributed by atoms with E-state index in [4.69, 9.17) is 13.7 Å². The minimum absolute atomic E-state index is 0.0179. The van der Waals surface area contributed by atoms with Crippen molar-refractivity contribution < 1.29 is 18.5 Å². The van der Waals surface area contributed by atoms with E-state index in [-0.39, 0.29) is 16.8 Å². The van der Waals surface area contributed by atoms with E-state index in [9.17, 15) is 9.59 Å². The van der Waals surface area contributed by atoms with E-state index in [0.717, 1.165) is 22.8 Å². The first-order chi connectivity index (χ1) is 17.1. The largest absolute Gasteiger partial charge is 0.494 e. The van der Waals surface area contributed by atoms with Crippen LogP contribution in [0, 0.1) is 6.92 Å². The maximum absolute atomic E-state index is 13.9. The molecule has 2 aromatic heterocycles. The second-order valence-corrected chi connectivity index (χ2v) is 8.63. The lowest BCUT2D eigenvalue weighted by Gasteiger charge is -2.22. The summed E-state index contributed by atoms with van der Waals surface area (Å²) in [6.07, 6.45) is 0.864. The molecule has 0 unspecified atom stereocenters. The van der Waals surface area contributed by atoms with Gasteiger partial charge in [-0.25, -0.2) is 0 Å². The Morgan fingerprint density at radius 3 is 2.66 bits per heavy atom. The maximum Gasteiger partial charge on any atom is 0.296 e. The van der Waals surface area contributed by atoms with Crippen LogP contribution in [0.3, 0.4) is 0 Å². The van der Waals surface area contributed by atoms with E-state index < -0.39 is 11.9 Å². The highest BCUT2D eigenvalue weighted by molar-refractivity contribution is 6.12. The van der Waals surface area contributed by atoms with Crippen LogP contribution in [0.5, 0.6) is 5.75 Å². The maximum atomic E-state index is 13.9. The van der Waals surface area contributed by atoms with Gasteiger partial charge in [0.1, 0.15) is 17.1 Å². The van der Waals surface area contributed by atoms with Crippen LogP contribution >= 0.6 is 0 Å². The molecule has 6 rings (SSSR count). The van der Waals surface area contributed by atoms with Gasteiger partial charge in [0.25, 0.3) is 5.91 Å². The molecule has 7 heteroatoms. The molecular weight excluding hydrogens is 444 g/mol. The summed E-state index contributed by atoms with van der Waals surface area (Å²) in [5, 5.41) is 6.21. The van der Waals surface area contributed by atoms with Gasteiger partial charge < -0.3 is 13.7 Å². The summed E-state index contributed by atoms with van der Waals surface area (Å²) >= 11 is 0. The number of aromatic nitrogens is 1. The number of amides is 1. The molecule has 1 aliphatic rings. The molecule has 1 aliphatic heterocycles. The van der Waals surface area contributed by atoms with E-state index in [1.165, 1.54) is 4.90 Å². The van der Waals surface area contributed by atoms with Gasteiger partial charge >= 0.3 is 0 Å². The Bertz CT molecular complexity index is 1670. The zero-order valence-corrected chi connectivity index (χ0v) is 19.3. The summed E-state index contributed by atoms with van der Waals surface area (Å²) in [6, 6.07) is 19.7. The predicted molar refractivity (Wildman–Crippen MR) is 132 cm³/mol. The number of fused-ring (bicyclic) bond motifs is 4. The smallest absolute Gasteiger partial charge is 0.296 e. The lowest BCUT2D eigenvalue weighted by molar-refractivity contribution is 0.0969. The molecule has 0 spiro atoms. The minimum atomic E-state index is -0.737. The Morgan fingerprint density at radius 2 is 1.86 bits per heavy atom. The van der Waals surface area contributed by atoms with Crippen molar-refractivity contribution in [2.75, 3.05) is 11.5 Å². The lowest BCUT2D eigenvalue weighted by atomic mass is 9.97. The van der Waals surface area contributed by atoms with E-state index in [1.54, 1.807) is 19.1 Å². The third-order valence-corrected chi connectivity index (χ3v) is 6.27. The quantitative estimate of drug-likeness (QED) is 0.305. The molecule has 7 nitrogen and oxygen atoms in total. The molecule has 1 amide bonds. The first-order valence-electron chi connectivity index (χ1n) is 11.5. The van der Waals surface area contributed by atoms with Gasteiger partial charge in [0.2, 0.25) is 5.76 Å². The molecule has 0 saturated heterocycles. The topological polar surface area (TPSA) is 85.8 Å². The van der Waals surface area contributed by atoms with Crippen LogP contribution < -0.4 is 15.1 Å². The highest BCUT2D eigenvalue weighted by atomic mass is 16.5. The summed E-state index contributed by atoms with van der Waals surface area (Å²) in [6.45, 7) is 4.35. The molecule has 1 atom stereocenters. The van der Waals surface area contributed by atoms with Crippen molar-refractivity contribution in [2.24, 2.45) is 0 Å². The van der Waals surface area contributed by atoms with Crippen LogP contribution in [0.2, 0.25) is 0 Å². The summed E-state index contributed by atoms with van der Waals surface area (Å²) in [5.74, 6) is 1.11. The molecule has 0 aliphatic carbocycles. The fourth-order valence-electron chi connectivity index (χ4n) is 4.71. The van der Waals surface area contributed by atoms with E-state index >= 15 is 0 Å². The molecule has 0 bridgehead atoms. The fraction of sp³-hybridized carbons (Fsp3) is 0.179. The number of aryl methyl sites for hydroxylation is 1.